The van der Waals surface area contributed by atoms with Crippen LogP contribution in [0.15, 0.2) is 77.1 Å². The summed E-state index contributed by atoms with van der Waals surface area (Å²) >= 11 is 0. The van der Waals surface area contributed by atoms with Crippen molar-refractivity contribution in [3.63, 3.8) is 0 Å². The number of benzene rings is 2. The lowest BCUT2D eigenvalue weighted by Crippen LogP contribution is -2.31. The summed E-state index contributed by atoms with van der Waals surface area (Å²) in [6.07, 6.45) is 0. The van der Waals surface area contributed by atoms with Gasteiger partial charge in [0.15, 0.2) is 0 Å². The van der Waals surface area contributed by atoms with Crippen molar-refractivity contribution >= 4 is 30.0 Å². The highest BCUT2D eigenvalue weighted by Crippen LogP contribution is 2.39. The average Bonchev–Trinajstić information content (AvgIpc) is 2.80. The number of nitrogens with zero attached hydrogens (tertiary/aromatic N) is 1. The fraction of sp³-hybridized carbons (Fsp3) is 0.280. The van der Waals surface area contributed by atoms with Gasteiger partial charge in [0.1, 0.15) is 0 Å². The Balaban J connectivity index is 0.000000516. The SMILES string of the molecule is CCOC(=O)C1=C(C)NC(C)=C(C(=O)O)C1c1cccc([N+](=O)[O-])c1.CNCc1ccccc1.Cl. The summed E-state index contributed by atoms with van der Waals surface area (Å²) < 4.78 is 5.06. The monoisotopic (exact) mass is 503 g/mol. The van der Waals surface area contributed by atoms with Gasteiger partial charge < -0.3 is 20.5 Å². The predicted molar refractivity (Wildman–Crippen MR) is 135 cm³/mol. The zero-order valence-electron chi connectivity index (χ0n) is 20.0. The van der Waals surface area contributed by atoms with E-state index in [1.165, 1.54) is 23.8 Å². The first-order chi connectivity index (χ1) is 16.2. The number of hydrogen-bond acceptors (Lipinski definition) is 7. The van der Waals surface area contributed by atoms with Crippen LogP contribution in [0.1, 0.15) is 37.8 Å². The molecule has 188 valence electrons. The van der Waals surface area contributed by atoms with Crippen LogP contribution in [-0.2, 0) is 20.9 Å². The Morgan fingerprint density at radius 3 is 2.26 bits per heavy atom. The lowest BCUT2D eigenvalue weighted by molar-refractivity contribution is -0.384. The van der Waals surface area contributed by atoms with E-state index in [2.05, 4.69) is 22.8 Å². The zero-order chi connectivity index (χ0) is 25.3. The van der Waals surface area contributed by atoms with E-state index in [1.807, 2.05) is 25.2 Å². The van der Waals surface area contributed by atoms with E-state index < -0.39 is 22.8 Å². The molecule has 0 amide bonds. The third-order valence-corrected chi connectivity index (χ3v) is 5.12. The van der Waals surface area contributed by atoms with E-state index >= 15 is 0 Å². The van der Waals surface area contributed by atoms with Gasteiger partial charge in [0, 0.05) is 30.1 Å². The molecule has 1 aliphatic rings. The van der Waals surface area contributed by atoms with Crippen molar-refractivity contribution in [2.75, 3.05) is 13.7 Å². The first-order valence-corrected chi connectivity index (χ1v) is 10.7. The number of nitro groups is 1. The number of carboxylic acids is 1. The molecule has 0 aliphatic carbocycles. The second-order valence-corrected chi connectivity index (χ2v) is 7.53. The third kappa shape index (κ3) is 7.66. The van der Waals surface area contributed by atoms with Crippen LogP contribution in [0.25, 0.3) is 0 Å². The number of hydrogen-bond donors (Lipinski definition) is 3. The molecule has 0 saturated carbocycles. The molecule has 0 aromatic heterocycles. The molecule has 1 atom stereocenters. The number of ether oxygens (including phenoxy) is 1. The van der Waals surface area contributed by atoms with Crippen molar-refractivity contribution in [1.29, 1.82) is 0 Å². The third-order valence-electron chi connectivity index (χ3n) is 5.12. The molecule has 10 heteroatoms. The molecule has 0 fully saturated rings. The van der Waals surface area contributed by atoms with E-state index in [9.17, 15) is 24.8 Å². The Morgan fingerprint density at radius 2 is 1.71 bits per heavy atom. The van der Waals surface area contributed by atoms with Gasteiger partial charge in [-0.3, -0.25) is 10.1 Å². The molecule has 2 aromatic carbocycles. The second kappa shape index (κ2) is 13.9. The number of carbonyl (C=O) groups is 2. The zero-order valence-corrected chi connectivity index (χ0v) is 20.8. The quantitative estimate of drug-likeness (QED) is 0.289. The van der Waals surface area contributed by atoms with Gasteiger partial charge in [-0.1, -0.05) is 42.5 Å². The van der Waals surface area contributed by atoms with Crippen LogP contribution < -0.4 is 10.6 Å². The lowest BCUT2D eigenvalue weighted by atomic mass is 9.80. The van der Waals surface area contributed by atoms with Crippen molar-refractivity contribution in [3.8, 4) is 0 Å². The van der Waals surface area contributed by atoms with Crippen LogP contribution in [0, 0.1) is 10.1 Å². The minimum Gasteiger partial charge on any atom is -0.478 e. The molecule has 0 saturated heterocycles. The van der Waals surface area contributed by atoms with Gasteiger partial charge in [0.25, 0.3) is 5.69 Å². The second-order valence-electron chi connectivity index (χ2n) is 7.53. The molecular weight excluding hydrogens is 474 g/mol. The maximum Gasteiger partial charge on any atom is 0.336 e. The maximum absolute atomic E-state index is 12.4. The number of aliphatic carboxylic acids is 1. The first-order valence-electron chi connectivity index (χ1n) is 10.7. The summed E-state index contributed by atoms with van der Waals surface area (Å²) in [5.41, 5.74) is 2.40. The van der Waals surface area contributed by atoms with E-state index in [4.69, 9.17) is 4.74 Å². The smallest absolute Gasteiger partial charge is 0.336 e. The molecule has 0 bridgehead atoms. The van der Waals surface area contributed by atoms with Gasteiger partial charge in [0.2, 0.25) is 0 Å². The lowest BCUT2D eigenvalue weighted by Gasteiger charge is -2.29. The number of carboxylic acid groups (broad SMARTS) is 1. The van der Waals surface area contributed by atoms with Gasteiger partial charge in [-0.15, -0.1) is 12.4 Å². The molecule has 1 aliphatic heterocycles. The largest absolute Gasteiger partial charge is 0.478 e. The Morgan fingerprint density at radius 1 is 1.09 bits per heavy atom. The van der Waals surface area contributed by atoms with Crippen LogP contribution in [0.5, 0.6) is 0 Å². The molecule has 9 nitrogen and oxygen atoms in total. The number of halogens is 1. The first kappa shape index (κ1) is 29.3. The van der Waals surface area contributed by atoms with E-state index in [0.717, 1.165) is 6.54 Å². The Bertz CT molecular complexity index is 1120. The molecule has 3 rings (SSSR count). The molecule has 3 N–H and O–H groups in total. The fourth-order valence-corrected chi connectivity index (χ4v) is 3.71. The molecule has 1 heterocycles. The molecule has 2 aromatic rings. The number of esters is 1. The van der Waals surface area contributed by atoms with Crippen LogP contribution in [0.3, 0.4) is 0 Å². The molecular formula is C25H30ClN3O6. The summed E-state index contributed by atoms with van der Waals surface area (Å²) in [6, 6.07) is 15.9. The minimum absolute atomic E-state index is 0. The summed E-state index contributed by atoms with van der Waals surface area (Å²) in [5.74, 6) is -2.83. The number of carbonyl (C=O) groups excluding carboxylic acids is 1. The Kier molecular flexibility index (Phi) is 11.6. The van der Waals surface area contributed by atoms with E-state index in [1.54, 1.807) is 26.8 Å². The highest BCUT2D eigenvalue weighted by atomic mass is 35.5. The summed E-state index contributed by atoms with van der Waals surface area (Å²) in [4.78, 5) is 34.7. The van der Waals surface area contributed by atoms with Crippen LogP contribution in [0.2, 0.25) is 0 Å². The number of nitrogens with one attached hydrogen (secondary N) is 2. The maximum atomic E-state index is 12.4. The van der Waals surface area contributed by atoms with Gasteiger partial charge in [-0.05, 0) is 38.9 Å². The predicted octanol–water partition coefficient (Wildman–Crippen LogP) is 4.31. The standard InChI is InChI=1S/C17H18N2O6.C8H11N.ClH/c1-4-25-17(22)14-10(3)18-9(2)13(16(20)21)15(14)11-6-5-7-12(8-11)19(23)24;1-9-7-8-5-3-2-4-6-8;/h5-8,15,18H,4H2,1-3H3,(H,20,21);2-6,9H,7H2,1H3;1H. The molecule has 0 spiro atoms. The van der Waals surface area contributed by atoms with Gasteiger partial charge in [-0.2, -0.15) is 0 Å². The van der Waals surface area contributed by atoms with E-state index in [-0.39, 0.29) is 35.8 Å². The van der Waals surface area contributed by atoms with Crippen molar-refractivity contribution in [1.82, 2.24) is 10.6 Å². The average molecular weight is 504 g/mol. The van der Waals surface area contributed by atoms with Crippen molar-refractivity contribution < 1.29 is 24.4 Å². The normalized spacial score (nSPS) is 14.7. The summed E-state index contributed by atoms with van der Waals surface area (Å²) in [6.45, 7) is 5.95. The fourth-order valence-electron chi connectivity index (χ4n) is 3.71. The highest BCUT2D eigenvalue weighted by molar-refractivity contribution is 5.99. The number of rotatable bonds is 7. The number of allylic oxidation sites excluding steroid dienone is 2. The van der Waals surface area contributed by atoms with Gasteiger partial charge in [-0.25, -0.2) is 9.59 Å². The Labute approximate surface area is 210 Å². The van der Waals surface area contributed by atoms with E-state index in [0.29, 0.717) is 17.0 Å². The summed E-state index contributed by atoms with van der Waals surface area (Å²) in [7, 11) is 1.95. The van der Waals surface area contributed by atoms with Crippen molar-refractivity contribution in [3.05, 3.63) is 98.4 Å². The van der Waals surface area contributed by atoms with Crippen LogP contribution in [-0.4, -0.2) is 35.6 Å². The Hall–Kier alpha value is -3.69. The van der Waals surface area contributed by atoms with Crippen LogP contribution >= 0.6 is 12.4 Å². The van der Waals surface area contributed by atoms with Crippen LogP contribution in [0.4, 0.5) is 5.69 Å². The number of nitro benzene ring substituents is 1. The molecule has 1 unspecified atom stereocenters. The van der Waals surface area contributed by atoms with Gasteiger partial charge >= 0.3 is 11.9 Å². The minimum atomic E-state index is -1.21. The van der Waals surface area contributed by atoms with Crippen molar-refractivity contribution in [2.45, 2.75) is 33.2 Å². The summed E-state index contributed by atoms with van der Waals surface area (Å²) in [5, 5.41) is 26.7. The number of dihydropyridines is 1. The number of non-ortho nitro benzene ring substituents is 1. The molecule has 0 radical (unpaired) electrons. The highest BCUT2D eigenvalue weighted by Gasteiger charge is 2.37. The van der Waals surface area contributed by atoms with Gasteiger partial charge in [0.05, 0.1) is 28.6 Å². The van der Waals surface area contributed by atoms with Crippen molar-refractivity contribution in [2.24, 2.45) is 0 Å². The topological polar surface area (TPSA) is 131 Å². The molecule has 35 heavy (non-hydrogen) atoms.